The summed E-state index contributed by atoms with van der Waals surface area (Å²) in [5.41, 5.74) is 1.76. The number of hydrogen-bond acceptors (Lipinski definition) is 4. The number of carbonyl (C=O) groups excluding carboxylic acids is 3. The van der Waals surface area contributed by atoms with Gasteiger partial charge >= 0.3 is 0 Å². The molecule has 0 saturated heterocycles. The maximum absolute atomic E-state index is 12.4. The molecule has 6 nitrogen and oxygen atoms in total. The van der Waals surface area contributed by atoms with Gasteiger partial charge in [-0.05, 0) is 63.6 Å². The maximum atomic E-state index is 12.4. The number of carbonyl (C=O) groups is 3. The highest BCUT2D eigenvalue weighted by Crippen LogP contribution is 2.40. The molecule has 3 rings (SSSR count). The summed E-state index contributed by atoms with van der Waals surface area (Å²) in [6, 6.07) is 13.9. The lowest BCUT2D eigenvalue weighted by atomic mass is 10.1. The second-order valence-electron chi connectivity index (χ2n) is 7.26. The number of ketones is 1. The van der Waals surface area contributed by atoms with Crippen LogP contribution in [0.3, 0.4) is 0 Å². The summed E-state index contributed by atoms with van der Waals surface area (Å²) in [6.45, 7) is 5.37. The fourth-order valence-corrected chi connectivity index (χ4v) is 2.95. The van der Waals surface area contributed by atoms with Crippen LogP contribution in [-0.2, 0) is 9.59 Å². The SMILES string of the molecule is CC(=O)c1cccc(NC(=O)C2CC2C(=O)Nc2ccc(OC(C)C)cc2)c1. The summed E-state index contributed by atoms with van der Waals surface area (Å²) in [5.74, 6) is -0.405. The molecule has 0 spiro atoms. The molecule has 0 aromatic heterocycles. The molecule has 2 N–H and O–H groups in total. The lowest BCUT2D eigenvalue weighted by Gasteiger charge is -2.10. The second kappa shape index (κ2) is 8.25. The van der Waals surface area contributed by atoms with E-state index >= 15 is 0 Å². The van der Waals surface area contributed by atoms with E-state index in [2.05, 4.69) is 10.6 Å². The largest absolute Gasteiger partial charge is 0.491 e. The predicted molar refractivity (Wildman–Crippen MR) is 108 cm³/mol. The van der Waals surface area contributed by atoms with Gasteiger partial charge < -0.3 is 15.4 Å². The summed E-state index contributed by atoms with van der Waals surface area (Å²) in [6.07, 6.45) is 0.598. The first kappa shape index (κ1) is 19.6. The summed E-state index contributed by atoms with van der Waals surface area (Å²) < 4.78 is 5.58. The molecule has 0 aliphatic heterocycles. The van der Waals surface area contributed by atoms with E-state index in [4.69, 9.17) is 4.74 Å². The van der Waals surface area contributed by atoms with Gasteiger partial charge in [0, 0.05) is 16.9 Å². The van der Waals surface area contributed by atoms with E-state index in [1.54, 1.807) is 48.5 Å². The molecule has 0 heterocycles. The molecular formula is C22H24N2O4. The van der Waals surface area contributed by atoms with Crippen LogP contribution < -0.4 is 15.4 Å². The van der Waals surface area contributed by atoms with E-state index in [0.717, 1.165) is 5.75 Å². The van der Waals surface area contributed by atoms with E-state index in [1.165, 1.54) is 6.92 Å². The highest BCUT2D eigenvalue weighted by atomic mass is 16.5. The van der Waals surface area contributed by atoms with Gasteiger partial charge in [-0.15, -0.1) is 0 Å². The zero-order chi connectivity index (χ0) is 20.3. The quantitative estimate of drug-likeness (QED) is 0.714. The molecule has 146 valence electrons. The minimum absolute atomic E-state index is 0.0652. The van der Waals surface area contributed by atoms with Crippen LogP contribution in [0.5, 0.6) is 5.75 Å². The molecule has 2 aromatic carbocycles. The molecule has 28 heavy (non-hydrogen) atoms. The number of ether oxygens (including phenoxy) is 1. The van der Waals surface area contributed by atoms with Crippen molar-refractivity contribution in [1.82, 2.24) is 0 Å². The Morgan fingerprint density at radius 2 is 1.54 bits per heavy atom. The van der Waals surface area contributed by atoms with Crippen molar-refractivity contribution >= 4 is 29.0 Å². The molecule has 0 bridgehead atoms. The van der Waals surface area contributed by atoms with Crippen molar-refractivity contribution < 1.29 is 19.1 Å². The van der Waals surface area contributed by atoms with Crippen LogP contribution in [0.15, 0.2) is 48.5 Å². The Morgan fingerprint density at radius 1 is 0.929 bits per heavy atom. The third kappa shape index (κ3) is 4.97. The smallest absolute Gasteiger partial charge is 0.228 e. The van der Waals surface area contributed by atoms with Crippen molar-refractivity contribution in [2.45, 2.75) is 33.3 Å². The van der Waals surface area contributed by atoms with Crippen LogP contribution >= 0.6 is 0 Å². The Hall–Kier alpha value is -3.15. The molecule has 1 aliphatic carbocycles. The molecule has 1 fully saturated rings. The van der Waals surface area contributed by atoms with Crippen molar-refractivity contribution in [3.63, 3.8) is 0 Å². The average Bonchev–Trinajstić information content (AvgIpc) is 3.44. The van der Waals surface area contributed by atoms with Gasteiger partial charge in [0.15, 0.2) is 5.78 Å². The number of amides is 2. The second-order valence-corrected chi connectivity index (χ2v) is 7.26. The summed E-state index contributed by atoms with van der Waals surface area (Å²) in [7, 11) is 0. The van der Waals surface area contributed by atoms with Crippen molar-refractivity contribution in [2.24, 2.45) is 11.8 Å². The van der Waals surface area contributed by atoms with Gasteiger partial charge in [-0.25, -0.2) is 0 Å². The number of anilines is 2. The molecule has 6 heteroatoms. The topological polar surface area (TPSA) is 84.5 Å². The van der Waals surface area contributed by atoms with Gasteiger partial charge in [-0.2, -0.15) is 0 Å². The summed E-state index contributed by atoms with van der Waals surface area (Å²) in [4.78, 5) is 36.2. The Balaban J connectivity index is 1.53. The van der Waals surface area contributed by atoms with E-state index < -0.39 is 0 Å². The number of nitrogens with one attached hydrogen (secondary N) is 2. The normalized spacial score (nSPS) is 17.7. The monoisotopic (exact) mass is 380 g/mol. The number of Topliss-reactive ketones (excluding diaryl/α,β-unsaturated/α-hetero) is 1. The lowest BCUT2D eigenvalue weighted by Crippen LogP contribution is -2.20. The Labute approximate surface area is 164 Å². The summed E-state index contributed by atoms with van der Waals surface area (Å²) >= 11 is 0. The molecular weight excluding hydrogens is 356 g/mol. The van der Waals surface area contributed by atoms with Crippen LogP contribution in [0, 0.1) is 11.8 Å². The highest BCUT2D eigenvalue weighted by Gasteiger charge is 2.48. The first-order valence-corrected chi connectivity index (χ1v) is 9.33. The van der Waals surface area contributed by atoms with Gasteiger partial charge in [0.05, 0.1) is 17.9 Å². The van der Waals surface area contributed by atoms with Crippen molar-refractivity contribution in [1.29, 1.82) is 0 Å². The minimum atomic E-state index is -0.357. The number of hydrogen-bond donors (Lipinski definition) is 2. The van der Waals surface area contributed by atoms with Crippen molar-refractivity contribution in [3.05, 3.63) is 54.1 Å². The Kier molecular flexibility index (Phi) is 5.78. The fraction of sp³-hybridized carbons (Fsp3) is 0.318. The average molecular weight is 380 g/mol. The zero-order valence-electron chi connectivity index (χ0n) is 16.2. The fourth-order valence-electron chi connectivity index (χ4n) is 2.95. The van der Waals surface area contributed by atoms with Gasteiger partial charge in [0.2, 0.25) is 11.8 Å². The summed E-state index contributed by atoms with van der Waals surface area (Å²) in [5, 5.41) is 5.62. The van der Waals surface area contributed by atoms with Crippen LogP contribution in [0.4, 0.5) is 11.4 Å². The van der Waals surface area contributed by atoms with E-state index in [9.17, 15) is 14.4 Å². The maximum Gasteiger partial charge on any atom is 0.228 e. The number of benzene rings is 2. The van der Waals surface area contributed by atoms with Gasteiger partial charge in [0.1, 0.15) is 5.75 Å². The van der Waals surface area contributed by atoms with Gasteiger partial charge in [0.25, 0.3) is 0 Å². The zero-order valence-corrected chi connectivity index (χ0v) is 16.2. The third-order valence-electron chi connectivity index (χ3n) is 4.49. The van der Waals surface area contributed by atoms with Crippen LogP contribution in [0.25, 0.3) is 0 Å². The van der Waals surface area contributed by atoms with Crippen molar-refractivity contribution in [3.8, 4) is 5.75 Å². The highest BCUT2D eigenvalue weighted by molar-refractivity contribution is 6.04. The molecule has 2 aromatic rings. The third-order valence-corrected chi connectivity index (χ3v) is 4.49. The molecule has 1 aliphatic rings. The minimum Gasteiger partial charge on any atom is -0.491 e. The van der Waals surface area contributed by atoms with Crippen LogP contribution in [0.2, 0.25) is 0 Å². The van der Waals surface area contributed by atoms with Gasteiger partial charge in [-0.3, -0.25) is 14.4 Å². The Morgan fingerprint density at radius 3 is 2.11 bits per heavy atom. The standard InChI is InChI=1S/C22H24N2O4/c1-13(2)28-18-9-7-16(8-10-18)23-21(26)19-12-20(19)22(27)24-17-6-4-5-15(11-17)14(3)25/h4-11,13,19-20H,12H2,1-3H3,(H,23,26)(H,24,27). The number of rotatable bonds is 7. The molecule has 2 amide bonds. The molecule has 2 atom stereocenters. The molecule has 1 saturated carbocycles. The molecule has 2 unspecified atom stereocenters. The van der Waals surface area contributed by atoms with Crippen LogP contribution in [-0.4, -0.2) is 23.7 Å². The van der Waals surface area contributed by atoms with Crippen LogP contribution in [0.1, 0.15) is 37.6 Å². The van der Waals surface area contributed by atoms with Crippen molar-refractivity contribution in [2.75, 3.05) is 10.6 Å². The van der Waals surface area contributed by atoms with E-state index in [-0.39, 0.29) is 35.5 Å². The molecule has 0 radical (unpaired) electrons. The van der Waals surface area contributed by atoms with Gasteiger partial charge in [-0.1, -0.05) is 12.1 Å². The van der Waals surface area contributed by atoms with E-state index in [1.807, 2.05) is 13.8 Å². The predicted octanol–water partition coefficient (Wildman–Crippen LogP) is 3.89. The Bertz CT molecular complexity index is 890. The first-order valence-electron chi connectivity index (χ1n) is 9.33. The lowest BCUT2D eigenvalue weighted by molar-refractivity contribution is -0.122. The van der Waals surface area contributed by atoms with E-state index in [0.29, 0.717) is 23.4 Å². The first-order chi connectivity index (χ1) is 13.3.